The van der Waals surface area contributed by atoms with Crippen LogP contribution in [0.2, 0.25) is 0 Å². The van der Waals surface area contributed by atoms with Gasteiger partial charge in [-0.3, -0.25) is 4.99 Å². The van der Waals surface area contributed by atoms with Crippen molar-refractivity contribution in [2.45, 2.75) is 32.1 Å². The number of H-pyrrole nitrogens is 1. The average Bonchev–Trinajstić information content (AvgIpc) is 3.43. The number of benzene rings is 2. The molecular formula is C25H26N2O5. The summed E-state index contributed by atoms with van der Waals surface area (Å²) in [5, 5.41) is 11.7. The van der Waals surface area contributed by atoms with Crippen molar-refractivity contribution < 1.29 is 24.1 Å². The van der Waals surface area contributed by atoms with Gasteiger partial charge in [0.15, 0.2) is 11.9 Å². The van der Waals surface area contributed by atoms with Gasteiger partial charge in [-0.05, 0) is 42.0 Å². The van der Waals surface area contributed by atoms with E-state index in [1.54, 1.807) is 0 Å². The smallest absolute Gasteiger partial charge is 0.330 e. The number of hydrogen-bond acceptors (Lipinski definition) is 6. The minimum atomic E-state index is -0.684. The zero-order chi connectivity index (χ0) is 22.1. The first kappa shape index (κ1) is 20.7. The summed E-state index contributed by atoms with van der Waals surface area (Å²) in [5.74, 6) is -0.341. The molecule has 0 saturated carbocycles. The standard InChI is InChI=1S/C25H26N2O5/c1-30-25(29)23(15-8-10-31-11-9-15)27-22(16-6-7-17-13-32-14-18(17)12-16)21-19-4-2-3-5-20(19)26-24(21)28/h2-7,12,15,23,26,28H,8-11,13-14H2,1H3. The van der Waals surface area contributed by atoms with E-state index in [1.165, 1.54) is 7.11 Å². The molecule has 7 nitrogen and oxygen atoms in total. The number of carbonyl (C=O) groups excluding carboxylic acids is 1. The van der Waals surface area contributed by atoms with E-state index < -0.39 is 6.04 Å². The number of carbonyl (C=O) groups is 1. The van der Waals surface area contributed by atoms with E-state index in [0.717, 1.165) is 40.4 Å². The van der Waals surface area contributed by atoms with Crippen LogP contribution in [0.15, 0.2) is 47.5 Å². The predicted molar refractivity (Wildman–Crippen MR) is 120 cm³/mol. The first-order valence-electron chi connectivity index (χ1n) is 10.9. The number of aromatic nitrogens is 1. The molecule has 0 spiro atoms. The number of rotatable bonds is 5. The molecule has 2 aromatic carbocycles. The molecule has 2 aliphatic rings. The summed E-state index contributed by atoms with van der Waals surface area (Å²) in [6.07, 6.45) is 1.46. The topological polar surface area (TPSA) is 93.1 Å². The summed E-state index contributed by atoms with van der Waals surface area (Å²) < 4.78 is 16.2. The van der Waals surface area contributed by atoms with Gasteiger partial charge in [-0.2, -0.15) is 0 Å². The van der Waals surface area contributed by atoms with Crippen LogP contribution in [-0.2, 0) is 32.2 Å². The number of nitrogens with one attached hydrogen (secondary N) is 1. The van der Waals surface area contributed by atoms with Crippen molar-refractivity contribution in [3.8, 4) is 5.88 Å². The van der Waals surface area contributed by atoms with E-state index in [1.807, 2.05) is 42.5 Å². The van der Waals surface area contributed by atoms with Crippen LogP contribution in [-0.4, -0.2) is 48.1 Å². The fraction of sp³-hybridized carbons (Fsp3) is 0.360. The monoisotopic (exact) mass is 434 g/mol. The Morgan fingerprint density at radius 1 is 1.12 bits per heavy atom. The zero-order valence-corrected chi connectivity index (χ0v) is 18.0. The fourth-order valence-corrected chi connectivity index (χ4v) is 4.61. The van der Waals surface area contributed by atoms with Crippen molar-refractivity contribution >= 4 is 22.6 Å². The van der Waals surface area contributed by atoms with E-state index in [-0.39, 0.29) is 17.8 Å². The normalized spacial score (nSPS) is 18.0. The van der Waals surface area contributed by atoms with Gasteiger partial charge in [0.2, 0.25) is 0 Å². The highest BCUT2D eigenvalue weighted by molar-refractivity contribution is 6.21. The molecule has 0 radical (unpaired) electrons. The van der Waals surface area contributed by atoms with Gasteiger partial charge in [-0.25, -0.2) is 4.79 Å². The second-order valence-electron chi connectivity index (χ2n) is 8.27. The maximum atomic E-state index is 12.8. The van der Waals surface area contributed by atoms with Gasteiger partial charge < -0.3 is 24.3 Å². The Bertz CT molecular complexity index is 1180. The number of para-hydroxylation sites is 1. The van der Waals surface area contributed by atoms with E-state index in [4.69, 9.17) is 19.2 Å². The number of aromatic hydroxyl groups is 1. The largest absolute Gasteiger partial charge is 0.494 e. The van der Waals surface area contributed by atoms with Crippen molar-refractivity contribution in [2.24, 2.45) is 10.9 Å². The van der Waals surface area contributed by atoms with Gasteiger partial charge in [0, 0.05) is 29.7 Å². The van der Waals surface area contributed by atoms with Crippen molar-refractivity contribution in [1.29, 1.82) is 0 Å². The highest BCUT2D eigenvalue weighted by Crippen LogP contribution is 2.33. The van der Waals surface area contributed by atoms with E-state index in [0.29, 0.717) is 37.7 Å². The van der Waals surface area contributed by atoms with Crippen LogP contribution < -0.4 is 0 Å². The summed E-state index contributed by atoms with van der Waals surface area (Å²) in [5.41, 5.74) is 5.02. The highest BCUT2D eigenvalue weighted by atomic mass is 16.5. The van der Waals surface area contributed by atoms with Crippen molar-refractivity contribution in [3.05, 3.63) is 64.7 Å². The maximum absolute atomic E-state index is 12.8. The van der Waals surface area contributed by atoms with Gasteiger partial charge >= 0.3 is 5.97 Å². The molecule has 166 valence electrons. The van der Waals surface area contributed by atoms with Gasteiger partial charge in [0.1, 0.15) is 0 Å². The van der Waals surface area contributed by atoms with Crippen LogP contribution in [0.4, 0.5) is 0 Å². The third-order valence-corrected chi connectivity index (χ3v) is 6.34. The molecule has 5 rings (SSSR count). The molecule has 3 heterocycles. The first-order valence-corrected chi connectivity index (χ1v) is 10.9. The Morgan fingerprint density at radius 3 is 2.72 bits per heavy atom. The fourth-order valence-electron chi connectivity index (χ4n) is 4.61. The lowest BCUT2D eigenvalue weighted by Gasteiger charge is -2.27. The predicted octanol–water partition coefficient (Wildman–Crippen LogP) is 3.71. The highest BCUT2D eigenvalue weighted by Gasteiger charge is 2.32. The molecule has 2 aliphatic heterocycles. The third-order valence-electron chi connectivity index (χ3n) is 6.34. The average molecular weight is 434 g/mol. The molecule has 1 fully saturated rings. The summed E-state index contributed by atoms with van der Waals surface area (Å²) in [4.78, 5) is 20.8. The number of ether oxygens (including phenoxy) is 3. The molecule has 3 aromatic rings. The number of methoxy groups -OCH3 is 1. The third kappa shape index (κ3) is 3.78. The van der Waals surface area contributed by atoms with Gasteiger partial charge in [0.05, 0.1) is 31.6 Å². The maximum Gasteiger partial charge on any atom is 0.330 e. The minimum absolute atomic E-state index is 0.0105. The molecule has 1 unspecified atom stereocenters. The molecule has 0 amide bonds. The van der Waals surface area contributed by atoms with Crippen molar-refractivity contribution in [3.63, 3.8) is 0 Å². The van der Waals surface area contributed by atoms with Crippen LogP contribution in [0.25, 0.3) is 10.9 Å². The molecule has 1 aromatic heterocycles. The van der Waals surface area contributed by atoms with Crippen molar-refractivity contribution in [2.75, 3.05) is 20.3 Å². The molecule has 32 heavy (non-hydrogen) atoms. The summed E-state index contributed by atoms with van der Waals surface area (Å²) in [7, 11) is 1.39. The Morgan fingerprint density at radius 2 is 1.91 bits per heavy atom. The molecule has 1 saturated heterocycles. The number of aliphatic imine (C=N–C) groups is 1. The SMILES string of the molecule is COC(=O)C(N=C(c1ccc2c(c1)COC2)c1c(O)[nH]c2ccccc12)C1CCOCC1. The van der Waals surface area contributed by atoms with Crippen LogP contribution in [0, 0.1) is 5.92 Å². The lowest BCUT2D eigenvalue weighted by molar-refractivity contribution is -0.144. The first-order chi connectivity index (χ1) is 15.7. The van der Waals surface area contributed by atoms with Crippen LogP contribution in [0.1, 0.15) is 35.1 Å². The van der Waals surface area contributed by atoms with Crippen molar-refractivity contribution in [1.82, 2.24) is 4.98 Å². The summed E-state index contributed by atoms with van der Waals surface area (Å²) in [6.45, 7) is 2.32. The number of aromatic amines is 1. The lowest BCUT2D eigenvalue weighted by atomic mass is 9.91. The number of fused-ring (bicyclic) bond motifs is 2. The van der Waals surface area contributed by atoms with E-state index in [9.17, 15) is 9.90 Å². The Balaban J connectivity index is 1.70. The number of esters is 1. The Labute approximate surface area is 186 Å². The van der Waals surface area contributed by atoms with Crippen LogP contribution in [0.5, 0.6) is 5.88 Å². The van der Waals surface area contributed by atoms with Crippen LogP contribution in [0.3, 0.4) is 0 Å². The molecule has 2 N–H and O–H groups in total. The summed E-state index contributed by atoms with van der Waals surface area (Å²) in [6, 6.07) is 13.0. The Kier molecular flexibility index (Phi) is 5.68. The zero-order valence-electron chi connectivity index (χ0n) is 18.0. The molecule has 0 aliphatic carbocycles. The lowest BCUT2D eigenvalue weighted by Crippen LogP contribution is -2.34. The van der Waals surface area contributed by atoms with Gasteiger partial charge in [0.25, 0.3) is 0 Å². The molecule has 7 heteroatoms. The molecule has 1 atom stereocenters. The van der Waals surface area contributed by atoms with Gasteiger partial charge in [-0.15, -0.1) is 0 Å². The number of nitrogens with zero attached hydrogens (tertiary/aromatic N) is 1. The van der Waals surface area contributed by atoms with Gasteiger partial charge in [-0.1, -0.05) is 30.3 Å². The van der Waals surface area contributed by atoms with E-state index in [2.05, 4.69) is 4.98 Å². The van der Waals surface area contributed by atoms with Crippen LogP contribution >= 0.6 is 0 Å². The summed E-state index contributed by atoms with van der Waals surface area (Å²) >= 11 is 0. The Hall–Kier alpha value is -3.16. The second-order valence-corrected chi connectivity index (χ2v) is 8.27. The minimum Gasteiger partial charge on any atom is -0.494 e. The molecule has 0 bridgehead atoms. The number of hydrogen-bond donors (Lipinski definition) is 2. The second kappa shape index (κ2) is 8.76. The molecular weight excluding hydrogens is 408 g/mol. The van der Waals surface area contributed by atoms with E-state index >= 15 is 0 Å². The quantitative estimate of drug-likeness (QED) is 0.472.